The van der Waals surface area contributed by atoms with Crippen LogP contribution in [0.15, 0.2) is 90.0 Å². The SMILES string of the molecule is Cn1c(=O)cc(-c2ccccc2)c2cc(C(c3ccc(Cl)cc3)n3cnc(N)c3C(=O)O)ccc21.O=C(O)C(=O)O.[CH3]. The number of carboxylic acid groups (broad SMARTS) is 3. The molecule has 1 unspecified atom stereocenters. The van der Waals surface area contributed by atoms with Gasteiger partial charge in [0.25, 0.3) is 5.56 Å². The Kier molecular flexibility index (Phi) is 9.51. The van der Waals surface area contributed by atoms with Crippen molar-refractivity contribution in [3.63, 3.8) is 0 Å². The molecule has 5 aromatic rings. The van der Waals surface area contributed by atoms with Crippen molar-refractivity contribution >= 4 is 46.2 Å². The maximum atomic E-state index is 12.7. The van der Waals surface area contributed by atoms with E-state index in [0.717, 1.165) is 33.2 Å². The van der Waals surface area contributed by atoms with Gasteiger partial charge in [0.1, 0.15) is 0 Å². The Labute approximate surface area is 244 Å². The zero-order valence-electron chi connectivity index (χ0n) is 22.4. The summed E-state index contributed by atoms with van der Waals surface area (Å²) in [6, 6.07) is 23.7. The van der Waals surface area contributed by atoms with Gasteiger partial charge < -0.3 is 30.2 Å². The van der Waals surface area contributed by atoms with Gasteiger partial charge in [-0.25, -0.2) is 19.4 Å². The van der Waals surface area contributed by atoms with Crippen molar-refractivity contribution in [1.29, 1.82) is 0 Å². The van der Waals surface area contributed by atoms with Crippen LogP contribution in [-0.4, -0.2) is 47.3 Å². The molecule has 5 N–H and O–H groups in total. The molecule has 0 fully saturated rings. The molecule has 2 heterocycles. The fourth-order valence-corrected chi connectivity index (χ4v) is 4.58. The van der Waals surface area contributed by atoms with Crippen molar-refractivity contribution < 1.29 is 29.7 Å². The smallest absolute Gasteiger partial charge is 0.414 e. The van der Waals surface area contributed by atoms with Crippen LogP contribution >= 0.6 is 11.6 Å². The maximum absolute atomic E-state index is 12.7. The van der Waals surface area contributed by atoms with Crippen LogP contribution in [-0.2, 0) is 16.6 Å². The molecule has 2 aromatic heterocycles. The van der Waals surface area contributed by atoms with Gasteiger partial charge in [-0.1, -0.05) is 67.6 Å². The molecule has 0 aliphatic rings. The summed E-state index contributed by atoms with van der Waals surface area (Å²) < 4.78 is 3.15. The Morgan fingerprint density at radius 3 is 2.05 bits per heavy atom. The van der Waals surface area contributed by atoms with E-state index in [0.29, 0.717) is 5.02 Å². The van der Waals surface area contributed by atoms with Crippen LogP contribution in [0.2, 0.25) is 5.02 Å². The summed E-state index contributed by atoms with van der Waals surface area (Å²) in [5.41, 5.74) is 9.77. The van der Waals surface area contributed by atoms with Gasteiger partial charge in [-0.3, -0.25) is 4.79 Å². The normalized spacial score (nSPS) is 11.1. The van der Waals surface area contributed by atoms with Gasteiger partial charge in [-0.15, -0.1) is 0 Å². The van der Waals surface area contributed by atoms with E-state index in [2.05, 4.69) is 4.98 Å². The van der Waals surface area contributed by atoms with Gasteiger partial charge in [0.15, 0.2) is 11.5 Å². The van der Waals surface area contributed by atoms with E-state index < -0.39 is 23.9 Å². The zero-order chi connectivity index (χ0) is 29.8. The van der Waals surface area contributed by atoms with Crippen LogP contribution in [0, 0.1) is 7.43 Å². The van der Waals surface area contributed by atoms with Gasteiger partial charge in [-0.2, -0.15) is 0 Å². The molecular formula is C30H26ClN4O7. The van der Waals surface area contributed by atoms with Gasteiger partial charge >= 0.3 is 17.9 Å². The van der Waals surface area contributed by atoms with E-state index in [9.17, 15) is 14.7 Å². The predicted molar refractivity (Wildman–Crippen MR) is 159 cm³/mol. The highest BCUT2D eigenvalue weighted by Crippen LogP contribution is 2.34. The number of nitrogens with two attached hydrogens (primary N) is 1. The van der Waals surface area contributed by atoms with Gasteiger partial charge in [0.05, 0.1) is 17.9 Å². The first-order valence-corrected chi connectivity index (χ1v) is 12.3. The molecule has 0 bridgehead atoms. The highest BCUT2D eigenvalue weighted by atomic mass is 35.5. The molecule has 0 spiro atoms. The molecule has 215 valence electrons. The first-order valence-electron chi connectivity index (χ1n) is 12.0. The van der Waals surface area contributed by atoms with Crippen LogP contribution < -0.4 is 11.3 Å². The van der Waals surface area contributed by atoms with Crippen LogP contribution in [0.3, 0.4) is 0 Å². The highest BCUT2D eigenvalue weighted by molar-refractivity contribution is 6.30. The largest absolute Gasteiger partial charge is 0.476 e. The number of carbonyl (C=O) groups is 3. The third-order valence-electron chi connectivity index (χ3n) is 6.34. The summed E-state index contributed by atoms with van der Waals surface area (Å²) in [4.78, 5) is 47.0. The second-order valence-corrected chi connectivity index (χ2v) is 9.29. The third kappa shape index (κ3) is 6.31. The fraction of sp³-hybridized carbons (Fsp3) is 0.0667. The zero-order valence-corrected chi connectivity index (χ0v) is 23.2. The number of carboxylic acids is 3. The molecular weight excluding hydrogens is 564 g/mol. The van der Waals surface area contributed by atoms with E-state index >= 15 is 0 Å². The fourth-order valence-electron chi connectivity index (χ4n) is 4.46. The van der Waals surface area contributed by atoms with Crippen LogP contribution in [0.4, 0.5) is 5.82 Å². The standard InChI is InChI=1S/C27H21ClN4O3.C2H2O4.CH3/c1-31-22-12-9-18(13-21(22)20(14-23(31)33)16-5-3-2-4-6-16)24(17-7-10-19(28)11-8-17)32-15-30-26(29)25(32)27(34)35;3-1(4)2(5)6;/h2-15,24H,29H2,1H3,(H,34,35);(H,3,4)(H,5,6);1H3. The molecule has 3 aromatic carbocycles. The number of aromatic carboxylic acids is 1. The second kappa shape index (κ2) is 12.8. The summed E-state index contributed by atoms with van der Waals surface area (Å²) in [5.74, 6) is -4.89. The lowest BCUT2D eigenvalue weighted by atomic mass is 9.94. The monoisotopic (exact) mass is 589 g/mol. The lowest BCUT2D eigenvalue weighted by Gasteiger charge is -2.22. The Morgan fingerprint density at radius 1 is 0.881 bits per heavy atom. The summed E-state index contributed by atoms with van der Waals surface area (Å²) in [5, 5.41) is 26.1. The minimum atomic E-state index is -1.82. The number of hydrogen-bond donors (Lipinski definition) is 4. The Morgan fingerprint density at radius 2 is 1.48 bits per heavy atom. The number of anilines is 1. The Hall–Kier alpha value is -5.42. The van der Waals surface area contributed by atoms with Crippen molar-refractivity contribution in [2.24, 2.45) is 7.05 Å². The number of hydrogen-bond acceptors (Lipinski definition) is 6. The number of benzene rings is 3. The number of aromatic nitrogens is 3. The molecule has 11 nitrogen and oxygen atoms in total. The van der Waals surface area contributed by atoms with Crippen LogP contribution in [0.25, 0.3) is 22.0 Å². The summed E-state index contributed by atoms with van der Waals surface area (Å²) in [6.07, 6.45) is 1.43. The maximum Gasteiger partial charge on any atom is 0.414 e. The minimum absolute atomic E-state index is 0. The molecule has 0 saturated carbocycles. The molecule has 1 atom stereocenters. The van der Waals surface area contributed by atoms with Gasteiger partial charge in [0, 0.05) is 23.5 Å². The molecule has 0 saturated heterocycles. The van der Waals surface area contributed by atoms with E-state index in [4.69, 9.17) is 37.1 Å². The number of rotatable bonds is 5. The van der Waals surface area contributed by atoms with Crippen molar-refractivity contribution in [3.8, 4) is 11.1 Å². The van der Waals surface area contributed by atoms with E-state index in [1.54, 1.807) is 34.4 Å². The number of nitrogen functional groups attached to an aromatic ring is 1. The molecule has 0 aliphatic carbocycles. The summed E-state index contributed by atoms with van der Waals surface area (Å²) >= 11 is 6.13. The lowest BCUT2D eigenvalue weighted by Crippen LogP contribution is -2.19. The van der Waals surface area contributed by atoms with Crippen LogP contribution in [0.5, 0.6) is 0 Å². The number of imidazole rings is 1. The van der Waals surface area contributed by atoms with Crippen LogP contribution in [0.1, 0.15) is 27.7 Å². The van der Waals surface area contributed by atoms with Crippen molar-refractivity contribution in [1.82, 2.24) is 14.1 Å². The number of fused-ring (bicyclic) bond motifs is 1. The Balaban J connectivity index is 0.000000628. The average molecular weight is 590 g/mol. The lowest BCUT2D eigenvalue weighted by molar-refractivity contribution is -0.159. The third-order valence-corrected chi connectivity index (χ3v) is 6.59. The van der Waals surface area contributed by atoms with Crippen molar-refractivity contribution in [2.45, 2.75) is 6.04 Å². The Bertz CT molecular complexity index is 1820. The van der Waals surface area contributed by atoms with Gasteiger partial charge in [0.2, 0.25) is 0 Å². The number of nitrogens with zero attached hydrogens (tertiary/aromatic N) is 3. The average Bonchev–Trinajstić information content (AvgIpc) is 3.33. The van der Waals surface area contributed by atoms with E-state index in [-0.39, 0.29) is 24.5 Å². The first kappa shape index (κ1) is 31.1. The molecule has 1 radical (unpaired) electrons. The number of aliphatic carboxylic acids is 2. The highest BCUT2D eigenvalue weighted by Gasteiger charge is 2.25. The number of halogens is 1. The predicted octanol–water partition coefficient (Wildman–Crippen LogP) is 4.58. The van der Waals surface area contributed by atoms with E-state index in [1.165, 1.54) is 6.33 Å². The molecule has 5 rings (SSSR count). The molecule has 42 heavy (non-hydrogen) atoms. The molecule has 12 heteroatoms. The summed E-state index contributed by atoms with van der Waals surface area (Å²) in [6.45, 7) is 0. The second-order valence-electron chi connectivity index (χ2n) is 8.85. The topological polar surface area (TPSA) is 178 Å². The first-order chi connectivity index (χ1) is 19.5. The van der Waals surface area contributed by atoms with E-state index in [1.807, 2.05) is 60.7 Å². The van der Waals surface area contributed by atoms with Gasteiger partial charge in [-0.05, 0) is 46.5 Å². The molecule has 0 amide bonds. The van der Waals surface area contributed by atoms with Crippen molar-refractivity contribution in [3.05, 3.63) is 125 Å². The van der Waals surface area contributed by atoms with Crippen molar-refractivity contribution in [2.75, 3.05) is 5.73 Å². The molecule has 0 aliphatic heterocycles. The minimum Gasteiger partial charge on any atom is -0.476 e. The number of aryl methyl sites for hydroxylation is 1. The quantitative estimate of drug-likeness (QED) is 0.214. The number of pyridine rings is 1. The summed E-state index contributed by atoms with van der Waals surface area (Å²) in [7, 11) is 1.73.